The molecular formula is C14H16N4O3. The van der Waals surface area contributed by atoms with E-state index in [4.69, 9.17) is 4.74 Å². The van der Waals surface area contributed by atoms with Crippen molar-refractivity contribution in [2.24, 2.45) is 7.05 Å². The van der Waals surface area contributed by atoms with E-state index in [1.165, 1.54) is 6.07 Å². The van der Waals surface area contributed by atoms with Gasteiger partial charge in [0.1, 0.15) is 0 Å². The maximum Gasteiger partial charge on any atom is 0.271 e. The molecule has 0 spiro atoms. The number of nitrogens with zero attached hydrogens (tertiary/aromatic N) is 4. The monoisotopic (exact) mass is 288 g/mol. The summed E-state index contributed by atoms with van der Waals surface area (Å²) in [6, 6.07) is 5.56. The van der Waals surface area contributed by atoms with Gasteiger partial charge >= 0.3 is 0 Å². The summed E-state index contributed by atoms with van der Waals surface area (Å²) in [5.41, 5.74) is 1.69. The molecule has 2 aliphatic rings. The van der Waals surface area contributed by atoms with Crippen LogP contribution in [0.15, 0.2) is 18.2 Å². The fourth-order valence-electron chi connectivity index (χ4n) is 3.47. The normalized spacial score (nSPS) is 24.7. The Morgan fingerprint density at radius 2 is 2.05 bits per heavy atom. The molecule has 110 valence electrons. The molecule has 2 atom stereocenters. The first-order chi connectivity index (χ1) is 10.1. The molecule has 2 bridgehead atoms. The fraction of sp³-hybridized carbons (Fsp3) is 0.500. The number of rotatable bonds is 2. The first-order valence-corrected chi connectivity index (χ1v) is 7.12. The number of hydrogen-bond acceptors (Lipinski definition) is 5. The van der Waals surface area contributed by atoms with E-state index < -0.39 is 0 Å². The van der Waals surface area contributed by atoms with Crippen LogP contribution < -0.4 is 4.90 Å². The highest BCUT2D eigenvalue weighted by Gasteiger charge is 2.39. The SMILES string of the molecule is Cn1c(N2C3CCC2COC3)nc2ccc([N+](=O)[O-])cc21. The molecule has 7 nitrogen and oxygen atoms in total. The summed E-state index contributed by atoms with van der Waals surface area (Å²) in [5, 5.41) is 10.9. The molecule has 21 heavy (non-hydrogen) atoms. The van der Waals surface area contributed by atoms with Crippen molar-refractivity contribution in [1.29, 1.82) is 0 Å². The number of nitro groups is 1. The highest BCUT2D eigenvalue weighted by Crippen LogP contribution is 2.35. The van der Waals surface area contributed by atoms with Crippen molar-refractivity contribution in [3.8, 4) is 0 Å². The smallest absolute Gasteiger partial charge is 0.271 e. The maximum atomic E-state index is 10.9. The van der Waals surface area contributed by atoms with Crippen LogP contribution >= 0.6 is 0 Å². The molecule has 0 N–H and O–H groups in total. The molecule has 3 heterocycles. The standard InChI is InChI=1S/C14H16N4O3/c1-16-13-6-9(18(19)20)4-5-12(13)15-14(16)17-10-2-3-11(17)8-21-7-10/h4-6,10-11H,2-3,7-8H2,1H3. The second kappa shape index (κ2) is 4.42. The molecule has 2 aromatic rings. The third-order valence-corrected chi connectivity index (χ3v) is 4.52. The van der Waals surface area contributed by atoms with Crippen LogP contribution in [-0.4, -0.2) is 39.8 Å². The lowest BCUT2D eigenvalue weighted by Crippen LogP contribution is -2.47. The Morgan fingerprint density at radius 1 is 1.33 bits per heavy atom. The van der Waals surface area contributed by atoms with Gasteiger partial charge in [0.25, 0.3) is 5.69 Å². The molecule has 0 saturated carbocycles. The molecule has 1 aromatic carbocycles. The van der Waals surface area contributed by atoms with Gasteiger partial charge in [0.2, 0.25) is 5.95 Å². The summed E-state index contributed by atoms with van der Waals surface area (Å²) in [7, 11) is 1.92. The second-order valence-electron chi connectivity index (χ2n) is 5.73. The van der Waals surface area contributed by atoms with Crippen LogP contribution in [0.25, 0.3) is 11.0 Å². The number of aryl methyl sites for hydroxylation is 1. The topological polar surface area (TPSA) is 73.4 Å². The number of nitro benzene ring substituents is 1. The number of benzene rings is 1. The number of hydrogen-bond donors (Lipinski definition) is 0. The van der Waals surface area contributed by atoms with Gasteiger partial charge in [0.05, 0.1) is 41.3 Å². The van der Waals surface area contributed by atoms with Gasteiger partial charge in [0, 0.05) is 19.2 Å². The van der Waals surface area contributed by atoms with Crippen LogP contribution in [0.2, 0.25) is 0 Å². The van der Waals surface area contributed by atoms with Gasteiger partial charge < -0.3 is 14.2 Å². The third-order valence-electron chi connectivity index (χ3n) is 4.52. The van der Waals surface area contributed by atoms with E-state index in [2.05, 4.69) is 9.88 Å². The Labute approximate surface area is 121 Å². The highest BCUT2D eigenvalue weighted by atomic mass is 16.6. The van der Waals surface area contributed by atoms with Gasteiger partial charge in [-0.3, -0.25) is 10.1 Å². The quantitative estimate of drug-likeness (QED) is 0.623. The van der Waals surface area contributed by atoms with Crippen molar-refractivity contribution >= 4 is 22.7 Å². The molecule has 2 aliphatic heterocycles. The lowest BCUT2D eigenvalue weighted by atomic mass is 10.2. The van der Waals surface area contributed by atoms with E-state index in [-0.39, 0.29) is 10.6 Å². The van der Waals surface area contributed by atoms with E-state index in [1.54, 1.807) is 12.1 Å². The lowest BCUT2D eigenvalue weighted by Gasteiger charge is -2.35. The lowest BCUT2D eigenvalue weighted by molar-refractivity contribution is -0.384. The van der Waals surface area contributed by atoms with Crippen molar-refractivity contribution in [3.63, 3.8) is 0 Å². The Hall–Kier alpha value is -2.15. The van der Waals surface area contributed by atoms with E-state index in [0.29, 0.717) is 12.1 Å². The third kappa shape index (κ3) is 1.80. The number of aromatic nitrogens is 2. The zero-order valence-electron chi connectivity index (χ0n) is 11.7. The summed E-state index contributed by atoms with van der Waals surface area (Å²) in [5.74, 6) is 0.890. The molecule has 0 amide bonds. The van der Waals surface area contributed by atoms with E-state index in [9.17, 15) is 10.1 Å². The maximum absolute atomic E-state index is 10.9. The number of non-ortho nitro benzene ring substituents is 1. The van der Waals surface area contributed by atoms with Crippen LogP contribution in [0, 0.1) is 10.1 Å². The molecular weight excluding hydrogens is 272 g/mol. The van der Waals surface area contributed by atoms with Gasteiger partial charge in [-0.2, -0.15) is 0 Å². The van der Waals surface area contributed by atoms with Gasteiger partial charge in [-0.25, -0.2) is 4.98 Å². The molecule has 2 saturated heterocycles. The average molecular weight is 288 g/mol. The van der Waals surface area contributed by atoms with E-state index in [1.807, 2.05) is 11.6 Å². The van der Waals surface area contributed by atoms with Crippen molar-refractivity contribution in [1.82, 2.24) is 9.55 Å². The van der Waals surface area contributed by atoms with Gasteiger partial charge in [0.15, 0.2) is 0 Å². The van der Waals surface area contributed by atoms with E-state index in [0.717, 1.165) is 43.0 Å². The predicted molar refractivity (Wildman–Crippen MR) is 77.5 cm³/mol. The molecule has 0 radical (unpaired) electrons. The molecule has 7 heteroatoms. The van der Waals surface area contributed by atoms with Crippen molar-refractivity contribution in [3.05, 3.63) is 28.3 Å². The van der Waals surface area contributed by atoms with Crippen molar-refractivity contribution < 1.29 is 9.66 Å². The van der Waals surface area contributed by atoms with Crippen LogP contribution in [-0.2, 0) is 11.8 Å². The first kappa shape index (κ1) is 12.6. The largest absolute Gasteiger partial charge is 0.377 e. The number of morpholine rings is 1. The summed E-state index contributed by atoms with van der Waals surface area (Å²) < 4.78 is 7.56. The van der Waals surface area contributed by atoms with Gasteiger partial charge in [-0.1, -0.05) is 0 Å². The summed E-state index contributed by atoms with van der Waals surface area (Å²) in [4.78, 5) is 17.6. The zero-order valence-corrected chi connectivity index (χ0v) is 11.7. The van der Waals surface area contributed by atoms with E-state index >= 15 is 0 Å². The van der Waals surface area contributed by atoms with Crippen LogP contribution in [0.1, 0.15) is 12.8 Å². The second-order valence-corrected chi connectivity index (χ2v) is 5.73. The molecule has 2 unspecified atom stereocenters. The Bertz CT molecular complexity index is 710. The molecule has 0 aliphatic carbocycles. The summed E-state index contributed by atoms with van der Waals surface area (Å²) >= 11 is 0. The minimum atomic E-state index is -0.370. The van der Waals surface area contributed by atoms with Crippen molar-refractivity contribution in [2.75, 3.05) is 18.1 Å². The first-order valence-electron chi connectivity index (χ1n) is 7.12. The Kier molecular flexibility index (Phi) is 2.65. The zero-order chi connectivity index (χ0) is 14.6. The fourth-order valence-corrected chi connectivity index (χ4v) is 3.47. The van der Waals surface area contributed by atoms with Crippen LogP contribution in [0.5, 0.6) is 0 Å². The average Bonchev–Trinajstić information content (AvgIpc) is 2.91. The molecule has 2 fully saturated rings. The Balaban J connectivity index is 1.83. The minimum absolute atomic E-state index is 0.0991. The van der Waals surface area contributed by atoms with Gasteiger partial charge in [-0.05, 0) is 18.9 Å². The van der Waals surface area contributed by atoms with Crippen LogP contribution in [0.3, 0.4) is 0 Å². The minimum Gasteiger partial charge on any atom is -0.377 e. The van der Waals surface area contributed by atoms with Crippen molar-refractivity contribution in [2.45, 2.75) is 24.9 Å². The Morgan fingerprint density at radius 3 is 2.71 bits per heavy atom. The predicted octanol–water partition coefficient (Wildman–Crippen LogP) is 1.85. The number of fused-ring (bicyclic) bond motifs is 3. The number of imidazole rings is 1. The number of anilines is 1. The molecule has 1 aromatic heterocycles. The van der Waals surface area contributed by atoms with Gasteiger partial charge in [-0.15, -0.1) is 0 Å². The summed E-state index contributed by atoms with van der Waals surface area (Å²) in [6.07, 6.45) is 2.24. The summed E-state index contributed by atoms with van der Waals surface area (Å²) in [6.45, 7) is 1.47. The molecule has 4 rings (SSSR count). The number of ether oxygens (including phenoxy) is 1. The van der Waals surface area contributed by atoms with Crippen LogP contribution in [0.4, 0.5) is 11.6 Å². The highest BCUT2D eigenvalue weighted by molar-refractivity contribution is 5.81.